The Hall–Kier alpha value is -2.26. The Labute approximate surface area is 149 Å². The molecule has 1 fully saturated rings. The first kappa shape index (κ1) is 16.2. The maximum Gasteiger partial charge on any atom is 0.119 e. The van der Waals surface area contributed by atoms with Gasteiger partial charge in [-0.2, -0.15) is 0 Å². The van der Waals surface area contributed by atoms with Crippen molar-refractivity contribution in [2.45, 2.75) is 25.8 Å². The van der Waals surface area contributed by atoms with Gasteiger partial charge in [0, 0.05) is 24.8 Å². The SMILES string of the molecule is c1ccc2c(c1)ccn2Cc1ccc(OCCN2CCCCC2)cc1. The molecule has 4 rings (SSSR count). The van der Waals surface area contributed by atoms with Crippen LogP contribution in [0.4, 0.5) is 0 Å². The summed E-state index contributed by atoms with van der Waals surface area (Å²) in [5.41, 5.74) is 2.58. The van der Waals surface area contributed by atoms with Crippen LogP contribution in [0.25, 0.3) is 10.9 Å². The number of aromatic nitrogens is 1. The molecule has 1 saturated heterocycles. The number of nitrogens with zero attached hydrogens (tertiary/aromatic N) is 2. The number of rotatable bonds is 6. The fourth-order valence-corrected chi connectivity index (χ4v) is 3.64. The van der Waals surface area contributed by atoms with Crippen LogP contribution < -0.4 is 4.74 Å². The van der Waals surface area contributed by atoms with E-state index in [1.54, 1.807) is 0 Å². The van der Waals surface area contributed by atoms with E-state index in [0.29, 0.717) is 0 Å². The van der Waals surface area contributed by atoms with Gasteiger partial charge in [0.2, 0.25) is 0 Å². The first-order chi connectivity index (χ1) is 12.4. The molecule has 0 unspecified atom stereocenters. The van der Waals surface area contributed by atoms with Crippen molar-refractivity contribution in [2.24, 2.45) is 0 Å². The van der Waals surface area contributed by atoms with E-state index in [2.05, 4.69) is 70.3 Å². The molecule has 1 aliphatic heterocycles. The molecule has 3 heteroatoms. The largest absolute Gasteiger partial charge is 0.492 e. The predicted octanol–water partition coefficient (Wildman–Crippen LogP) is 4.55. The molecule has 0 radical (unpaired) electrons. The summed E-state index contributed by atoms with van der Waals surface area (Å²) >= 11 is 0. The highest BCUT2D eigenvalue weighted by Crippen LogP contribution is 2.18. The van der Waals surface area contributed by atoms with Gasteiger partial charge in [-0.1, -0.05) is 36.8 Å². The maximum atomic E-state index is 5.92. The molecule has 2 heterocycles. The number of benzene rings is 2. The number of hydrogen-bond donors (Lipinski definition) is 0. The second-order valence-electron chi connectivity index (χ2n) is 6.90. The Bertz CT molecular complexity index is 800. The van der Waals surface area contributed by atoms with Crippen molar-refractivity contribution in [3.63, 3.8) is 0 Å². The normalized spacial score (nSPS) is 15.5. The Balaban J connectivity index is 1.32. The molecule has 0 saturated carbocycles. The zero-order valence-corrected chi connectivity index (χ0v) is 14.7. The molecular formula is C22H26N2O. The number of hydrogen-bond acceptors (Lipinski definition) is 2. The molecule has 130 valence electrons. The molecule has 3 nitrogen and oxygen atoms in total. The van der Waals surface area contributed by atoms with E-state index in [-0.39, 0.29) is 0 Å². The lowest BCUT2D eigenvalue weighted by molar-refractivity contribution is 0.183. The molecule has 1 aliphatic rings. The van der Waals surface area contributed by atoms with Gasteiger partial charge in [-0.25, -0.2) is 0 Å². The fraction of sp³-hybridized carbons (Fsp3) is 0.364. The molecule has 25 heavy (non-hydrogen) atoms. The summed E-state index contributed by atoms with van der Waals surface area (Å²) in [5.74, 6) is 0.970. The summed E-state index contributed by atoms with van der Waals surface area (Å²) in [7, 11) is 0. The average molecular weight is 334 g/mol. The zero-order valence-electron chi connectivity index (χ0n) is 14.7. The van der Waals surface area contributed by atoms with Gasteiger partial charge in [-0.3, -0.25) is 4.90 Å². The van der Waals surface area contributed by atoms with Gasteiger partial charge in [-0.15, -0.1) is 0 Å². The average Bonchev–Trinajstić information content (AvgIpc) is 3.07. The third kappa shape index (κ3) is 4.05. The topological polar surface area (TPSA) is 17.4 Å². The smallest absolute Gasteiger partial charge is 0.119 e. The van der Waals surface area contributed by atoms with Crippen molar-refractivity contribution in [2.75, 3.05) is 26.2 Å². The first-order valence-electron chi connectivity index (χ1n) is 9.36. The monoisotopic (exact) mass is 334 g/mol. The number of likely N-dealkylation sites (tertiary alicyclic amines) is 1. The van der Waals surface area contributed by atoms with Crippen LogP contribution in [0.15, 0.2) is 60.8 Å². The van der Waals surface area contributed by atoms with Crippen molar-refractivity contribution in [3.8, 4) is 5.75 Å². The molecule has 3 aromatic rings. The van der Waals surface area contributed by atoms with Crippen molar-refractivity contribution < 1.29 is 4.74 Å². The van der Waals surface area contributed by atoms with Gasteiger partial charge < -0.3 is 9.30 Å². The highest BCUT2D eigenvalue weighted by Gasteiger charge is 2.09. The van der Waals surface area contributed by atoms with E-state index in [1.807, 2.05) is 0 Å². The first-order valence-corrected chi connectivity index (χ1v) is 9.36. The minimum absolute atomic E-state index is 0.779. The lowest BCUT2D eigenvalue weighted by Crippen LogP contribution is -2.33. The lowest BCUT2D eigenvalue weighted by Gasteiger charge is -2.26. The lowest BCUT2D eigenvalue weighted by atomic mass is 10.1. The number of fused-ring (bicyclic) bond motifs is 1. The van der Waals surface area contributed by atoms with Crippen LogP contribution in [0.2, 0.25) is 0 Å². The van der Waals surface area contributed by atoms with Gasteiger partial charge in [0.05, 0.1) is 0 Å². The standard InChI is InChI=1S/C22H26N2O/c1-4-13-23(14-5-1)16-17-25-21-10-8-19(9-11-21)18-24-15-12-20-6-2-3-7-22(20)24/h2-3,6-12,15H,1,4-5,13-14,16-18H2. The molecule has 2 aromatic carbocycles. The van der Waals surface area contributed by atoms with Crippen LogP contribution in [-0.2, 0) is 6.54 Å². The molecule has 0 atom stereocenters. The molecule has 0 spiro atoms. The van der Waals surface area contributed by atoms with Crippen LogP contribution in [0, 0.1) is 0 Å². The highest BCUT2D eigenvalue weighted by molar-refractivity contribution is 5.80. The van der Waals surface area contributed by atoms with Gasteiger partial charge in [0.1, 0.15) is 12.4 Å². The Morgan fingerprint density at radius 3 is 2.48 bits per heavy atom. The molecule has 1 aromatic heterocycles. The minimum atomic E-state index is 0.779. The Morgan fingerprint density at radius 2 is 1.64 bits per heavy atom. The number of para-hydroxylation sites is 1. The summed E-state index contributed by atoms with van der Waals surface area (Å²) in [6, 6.07) is 19.2. The van der Waals surface area contributed by atoms with Crippen molar-refractivity contribution in [3.05, 3.63) is 66.4 Å². The summed E-state index contributed by atoms with van der Waals surface area (Å²) in [6.07, 6.45) is 6.22. The zero-order chi connectivity index (χ0) is 16.9. The fourth-order valence-electron chi connectivity index (χ4n) is 3.64. The van der Waals surface area contributed by atoms with Crippen molar-refractivity contribution in [1.29, 1.82) is 0 Å². The van der Waals surface area contributed by atoms with Gasteiger partial charge in [0.15, 0.2) is 0 Å². The van der Waals surface area contributed by atoms with E-state index < -0.39 is 0 Å². The number of piperidine rings is 1. The van der Waals surface area contributed by atoms with E-state index in [1.165, 1.54) is 48.8 Å². The Kier molecular flexibility index (Phi) is 5.03. The van der Waals surface area contributed by atoms with E-state index in [9.17, 15) is 0 Å². The minimum Gasteiger partial charge on any atom is -0.492 e. The summed E-state index contributed by atoms with van der Waals surface area (Å²) in [5, 5.41) is 1.29. The molecule has 0 aliphatic carbocycles. The van der Waals surface area contributed by atoms with Crippen LogP contribution in [0.5, 0.6) is 5.75 Å². The van der Waals surface area contributed by atoms with E-state index >= 15 is 0 Å². The van der Waals surface area contributed by atoms with Crippen LogP contribution >= 0.6 is 0 Å². The third-order valence-electron chi connectivity index (χ3n) is 5.08. The summed E-state index contributed by atoms with van der Waals surface area (Å²) < 4.78 is 8.21. The second kappa shape index (κ2) is 7.75. The van der Waals surface area contributed by atoms with E-state index in [4.69, 9.17) is 4.74 Å². The van der Waals surface area contributed by atoms with Crippen molar-refractivity contribution in [1.82, 2.24) is 9.47 Å². The van der Waals surface area contributed by atoms with Gasteiger partial charge in [-0.05, 0) is 61.1 Å². The second-order valence-corrected chi connectivity index (χ2v) is 6.90. The number of ether oxygens (including phenoxy) is 1. The molecule has 0 N–H and O–H groups in total. The Morgan fingerprint density at radius 1 is 0.840 bits per heavy atom. The quantitative estimate of drug-likeness (QED) is 0.658. The van der Waals surface area contributed by atoms with Crippen molar-refractivity contribution >= 4 is 10.9 Å². The van der Waals surface area contributed by atoms with Gasteiger partial charge in [0.25, 0.3) is 0 Å². The van der Waals surface area contributed by atoms with Gasteiger partial charge >= 0.3 is 0 Å². The summed E-state index contributed by atoms with van der Waals surface area (Å²) in [6.45, 7) is 5.17. The van der Waals surface area contributed by atoms with Crippen LogP contribution in [0.3, 0.4) is 0 Å². The van der Waals surface area contributed by atoms with Crippen LogP contribution in [-0.4, -0.2) is 35.7 Å². The molecule has 0 amide bonds. The summed E-state index contributed by atoms with van der Waals surface area (Å²) in [4.78, 5) is 2.51. The molecular weight excluding hydrogens is 308 g/mol. The van der Waals surface area contributed by atoms with E-state index in [0.717, 1.165) is 25.4 Å². The predicted molar refractivity (Wildman–Crippen MR) is 103 cm³/mol. The maximum absolute atomic E-state index is 5.92. The molecule has 0 bridgehead atoms. The highest BCUT2D eigenvalue weighted by atomic mass is 16.5. The van der Waals surface area contributed by atoms with Crippen LogP contribution in [0.1, 0.15) is 24.8 Å². The third-order valence-corrected chi connectivity index (χ3v) is 5.08.